The molecule has 0 aliphatic rings. The first-order chi connectivity index (χ1) is 10.8. The Kier molecular flexibility index (Phi) is 4.70. The quantitative estimate of drug-likeness (QED) is 0.505. The van der Waals surface area contributed by atoms with Crippen LogP contribution in [0.3, 0.4) is 0 Å². The number of nitro groups is 1. The Morgan fingerprint density at radius 2 is 2.09 bits per heavy atom. The Morgan fingerprint density at radius 1 is 1.39 bits per heavy atom. The van der Waals surface area contributed by atoms with Gasteiger partial charge in [0.15, 0.2) is 0 Å². The van der Waals surface area contributed by atoms with E-state index >= 15 is 0 Å². The summed E-state index contributed by atoms with van der Waals surface area (Å²) in [5.41, 5.74) is -0.212. The van der Waals surface area contributed by atoms with Gasteiger partial charge in [-0.15, -0.1) is 0 Å². The first-order valence-corrected chi connectivity index (χ1v) is 6.80. The maximum Gasteiger partial charge on any atom is 0.309 e. The van der Waals surface area contributed by atoms with Gasteiger partial charge in [0.05, 0.1) is 23.8 Å². The van der Waals surface area contributed by atoms with E-state index in [4.69, 9.17) is 4.74 Å². The fourth-order valence-corrected chi connectivity index (χ4v) is 2.24. The van der Waals surface area contributed by atoms with Crippen LogP contribution in [0.4, 0.5) is 11.4 Å². The van der Waals surface area contributed by atoms with Gasteiger partial charge in [-0.2, -0.15) is 0 Å². The van der Waals surface area contributed by atoms with Crippen molar-refractivity contribution in [1.82, 2.24) is 4.98 Å². The lowest BCUT2D eigenvalue weighted by atomic mass is 10.1. The number of carbonyl (C=O) groups excluding carboxylic acids is 1. The monoisotopic (exact) mass is 335 g/mol. The molecule has 0 unspecified atom stereocenters. The number of methoxy groups -OCH3 is 1. The third kappa shape index (κ3) is 3.34. The largest absolute Gasteiger partial charge is 0.496 e. The molecular weight excluding hydrogens is 322 g/mol. The van der Waals surface area contributed by atoms with E-state index < -0.39 is 22.1 Å². The van der Waals surface area contributed by atoms with Gasteiger partial charge in [0.25, 0.3) is 11.5 Å². The van der Waals surface area contributed by atoms with Gasteiger partial charge in [0, 0.05) is 6.07 Å². The van der Waals surface area contributed by atoms with E-state index in [1.165, 1.54) is 13.2 Å². The number of aromatic nitrogens is 1. The van der Waals surface area contributed by atoms with Crippen LogP contribution in [-0.4, -0.2) is 22.9 Å². The lowest BCUT2D eigenvalue weighted by Gasteiger charge is -2.17. The Balaban J connectivity index is 2.51. The number of carbonyl (C=O) groups is 1. The highest BCUT2D eigenvalue weighted by atomic mass is 32.1. The van der Waals surface area contributed by atoms with E-state index in [0.29, 0.717) is 5.75 Å². The van der Waals surface area contributed by atoms with E-state index in [9.17, 15) is 19.7 Å². The molecule has 0 aliphatic heterocycles. The molecule has 0 fully saturated rings. The van der Waals surface area contributed by atoms with E-state index in [1.807, 2.05) is 6.92 Å². The van der Waals surface area contributed by atoms with Gasteiger partial charge in [0.1, 0.15) is 11.4 Å². The Morgan fingerprint density at radius 3 is 2.70 bits per heavy atom. The molecule has 0 aliphatic carbocycles. The van der Waals surface area contributed by atoms with Crippen LogP contribution in [-0.2, 0) is 0 Å². The van der Waals surface area contributed by atoms with Gasteiger partial charge in [-0.3, -0.25) is 19.7 Å². The van der Waals surface area contributed by atoms with Gasteiger partial charge in [-0.1, -0.05) is 18.9 Å². The number of nitrogens with zero attached hydrogens (tertiary/aromatic N) is 2. The summed E-state index contributed by atoms with van der Waals surface area (Å²) in [4.78, 5) is 36.5. The first kappa shape index (κ1) is 16.6. The highest BCUT2D eigenvalue weighted by Gasteiger charge is 2.26. The summed E-state index contributed by atoms with van der Waals surface area (Å²) in [5.74, 6) is -0.347. The summed E-state index contributed by atoms with van der Waals surface area (Å²) >= 11 is 4.02. The SMILES string of the molecule is COc1cc(C)ccc1C(=O)N(S)c1cc(=O)[nH]cc1[N+](=O)[O-]. The second kappa shape index (κ2) is 6.53. The minimum Gasteiger partial charge on any atom is -0.496 e. The third-order valence-corrected chi connectivity index (χ3v) is 3.48. The maximum atomic E-state index is 12.6. The van der Waals surface area contributed by atoms with Crippen molar-refractivity contribution in [3.63, 3.8) is 0 Å². The average Bonchev–Trinajstić information content (AvgIpc) is 2.52. The molecule has 1 aromatic heterocycles. The predicted octanol–water partition coefficient (Wildman–Crippen LogP) is 2.09. The maximum absolute atomic E-state index is 12.6. The number of pyridine rings is 1. The van der Waals surface area contributed by atoms with Crippen molar-refractivity contribution in [2.75, 3.05) is 11.4 Å². The number of thiol groups is 1. The molecule has 0 saturated carbocycles. The average molecular weight is 335 g/mol. The normalized spacial score (nSPS) is 10.2. The molecular formula is C14H13N3O5S. The summed E-state index contributed by atoms with van der Waals surface area (Å²) in [6, 6.07) is 5.81. The zero-order valence-corrected chi connectivity index (χ0v) is 13.2. The van der Waals surface area contributed by atoms with E-state index in [0.717, 1.165) is 22.1 Å². The number of anilines is 1. The van der Waals surface area contributed by atoms with Crippen molar-refractivity contribution < 1.29 is 14.5 Å². The molecule has 0 spiro atoms. The van der Waals surface area contributed by atoms with Gasteiger partial charge >= 0.3 is 5.69 Å². The number of aryl methyl sites for hydroxylation is 1. The lowest BCUT2D eigenvalue weighted by Crippen LogP contribution is -2.24. The Bertz CT molecular complexity index is 833. The molecule has 23 heavy (non-hydrogen) atoms. The van der Waals surface area contributed by atoms with Crippen molar-refractivity contribution >= 4 is 30.1 Å². The zero-order chi connectivity index (χ0) is 17.1. The third-order valence-electron chi connectivity index (χ3n) is 3.09. The number of hydrogen-bond donors (Lipinski definition) is 2. The van der Waals surface area contributed by atoms with E-state index in [1.54, 1.807) is 12.1 Å². The van der Waals surface area contributed by atoms with Crippen molar-refractivity contribution in [3.05, 3.63) is 62.1 Å². The van der Waals surface area contributed by atoms with Crippen LogP contribution in [0.2, 0.25) is 0 Å². The van der Waals surface area contributed by atoms with Crippen molar-refractivity contribution in [1.29, 1.82) is 0 Å². The fraction of sp³-hybridized carbons (Fsp3) is 0.143. The molecule has 0 bridgehead atoms. The molecule has 1 N–H and O–H groups in total. The van der Waals surface area contributed by atoms with Crippen LogP contribution >= 0.6 is 12.8 Å². The van der Waals surface area contributed by atoms with E-state index in [2.05, 4.69) is 17.8 Å². The van der Waals surface area contributed by atoms with Crippen LogP contribution in [0.1, 0.15) is 15.9 Å². The number of ether oxygens (including phenoxy) is 1. The minimum absolute atomic E-state index is 0.169. The molecule has 1 aromatic carbocycles. The van der Waals surface area contributed by atoms with Crippen LogP contribution < -0.4 is 14.6 Å². The van der Waals surface area contributed by atoms with Gasteiger partial charge in [-0.05, 0) is 24.6 Å². The van der Waals surface area contributed by atoms with Crippen molar-refractivity contribution in [2.24, 2.45) is 0 Å². The topological polar surface area (TPSA) is 106 Å². The van der Waals surface area contributed by atoms with Gasteiger partial charge in [-0.25, -0.2) is 4.31 Å². The first-order valence-electron chi connectivity index (χ1n) is 6.40. The van der Waals surface area contributed by atoms with Crippen LogP contribution in [0.25, 0.3) is 0 Å². The Hall–Kier alpha value is -2.81. The summed E-state index contributed by atoms with van der Waals surface area (Å²) in [7, 11) is 1.41. The summed E-state index contributed by atoms with van der Waals surface area (Å²) < 4.78 is 5.90. The van der Waals surface area contributed by atoms with Gasteiger partial charge < -0.3 is 9.72 Å². The lowest BCUT2D eigenvalue weighted by molar-refractivity contribution is -0.384. The van der Waals surface area contributed by atoms with E-state index in [-0.39, 0.29) is 11.3 Å². The van der Waals surface area contributed by atoms with Crippen LogP contribution in [0.15, 0.2) is 35.3 Å². The van der Waals surface area contributed by atoms with Gasteiger partial charge in [0.2, 0.25) is 0 Å². The molecule has 2 aromatic rings. The van der Waals surface area contributed by atoms with Crippen LogP contribution in [0, 0.1) is 17.0 Å². The molecule has 9 heteroatoms. The Labute approximate surface area is 136 Å². The molecule has 0 radical (unpaired) electrons. The minimum atomic E-state index is -0.714. The zero-order valence-electron chi connectivity index (χ0n) is 12.3. The van der Waals surface area contributed by atoms with Crippen molar-refractivity contribution in [3.8, 4) is 5.75 Å². The van der Waals surface area contributed by atoms with Crippen LogP contribution in [0.5, 0.6) is 5.75 Å². The smallest absolute Gasteiger partial charge is 0.309 e. The number of benzene rings is 1. The molecule has 1 heterocycles. The molecule has 0 atom stereocenters. The number of aromatic amines is 1. The molecule has 0 saturated heterocycles. The predicted molar refractivity (Wildman–Crippen MR) is 87.2 cm³/mol. The summed E-state index contributed by atoms with van der Waals surface area (Å²) in [6.45, 7) is 1.83. The molecule has 120 valence electrons. The molecule has 8 nitrogen and oxygen atoms in total. The second-order valence-corrected chi connectivity index (χ2v) is 5.05. The summed E-state index contributed by atoms with van der Waals surface area (Å²) in [5, 5.41) is 11.1. The highest BCUT2D eigenvalue weighted by Crippen LogP contribution is 2.30. The number of rotatable bonds is 4. The highest BCUT2D eigenvalue weighted by molar-refractivity contribution is 7.82. The molecule has 2 rings (SSSR count). The van der Waals surface area contributed by atoms with Crippen molar-refractivity contribution in [2.45, 2.75) is 6.92 Å². The second-order valence-electron chi connectivity index (χ2n) is 4.65. The number of nitrogens with one attached hydrogen (secondary N) is 1. The summed E-state index contributed by atoms with van der Waals surface area (Å²) in [6.07, 6.45) is 0.917. The standard InChI is InChI=1S/C14H13N3O5S/c1-8-3-4-9(12(5-8)22-2)14(19)16(23)10-6-13(18)15-7-11(10)17(20)21/h3-7,23H,1-2H3,(H,15,18). The fourth-order valence-electron chi connectivity index (χ4n) is 1.97. The number of hydrogen-bond acceptors (Lipinski definition) is 6. The number of H-pyrrole nitrogens is 1. The number of amides is 1. The molecule has 1 amide bonds.